The van der Waals surface area contributed by atoms with Crippen LogP contribution < -0.4 is 4.74 Å². The van der Waals surface area contributed by atoms with E-state index < -0.39 is 22.2 Å². The lowest BCUT2D eigenvalue weighted by molar-refractivity contribution is -0.390. The van der Waals surface area contributed by atoms with Crippen LogP contribution in [0.15, 0.2) is 4.47 Å². The van der Waals surface area contributed by atoms with E-state index in [-0.39, 0.29) is 28.8 Å². The van der Waals surface area contributed by atoms with E-state index in [0.29, 0.717) is 0 Å². The van der Waals surface area contributed by atoms with E-state index in [1.807, 2.05) is 0 Å². The van der Waals surface area contributed by atoms with E-state index in [4.69, 9.17) is 4.74 Å². The number of hydrogen-bond donors (Lipinski definition) is 0. The first-order valence-corrected chi connectivity index (χ1v) is 4.80. The monoisotopic (exact) mass is 279 g/mol. The lowest BCUT2D eigenvalue weighted by Crippen LogP contribution is -2.01. The van der Waals surface area contributed by atoms with Gasteiger partial charge in [0.1, 0.15) is 10.2 Å². The Hall–Kier alpha value is -1.24. The van der Waals surface area contributed by atoms with E-state index in [1.165, 1.54) is 0 Å². The SMILES string of the molecule is O=[N+]([O-])c1c(F)c(Br)c2c(c1F)CCO2. The van der Waals surface area contributed by atoms with Gasteiger partial charge in [-0.05, 0) is 15.9 Å². The van der Waals surface area contributed by atoms with Crippen molar-refractivity contribution in [1.29, 1.82) is 0 Å². The molecule has 1 heterocycles. The average molecular weight is 280 g/mol. The van der Waals surface area contributed by atoms with Crippen molar-refractivity contribution >= 4 is 21.6 Å². The Bertz CT molecular complexity index is 464. The van der Waals surface area contributed by atoms with Crippen molar-refractivity contribution in [1.82, 2.24) is 0 Å². The topological polar surface area (TPSA) is 52.4 Å². The maximum atomic E-state index is 13.5. The molecule has 1 aromatic carbocycles. The molecule has 0 radical (unpaired) electrons. The molecule has 1 aliphatic heterocycles. The highest BCUT2D eigenvalue weighted by atomic mass is 79.9. The summed E-state index contributed by atoms with van der Waals surface area (Å²) in [5, 5.41) is 10.5. The predicted octanol–water partition coefficient (Wildman–Crippen LogP) is 2.57. The fourth-order valence-electron chi connectivity index (χ4n) is 1.46. The number of fused-ring (bicyclic) bond motifs is 1. The van der Waals surface area contributed by atoms with Crippen LogP contribution in [0.25, 0.3) is 0 Å². The summed E-state index contributed by atoms with van der Waals surface area (Å²) in [7, 11) is 0. The molecule has 1 aliphatic rings. The molecule has 7 heteroatoms. The Kier molecular flexibility index (Phi) is 2.34. The summed E-state index contributed by atoms with van der Waals surface area (Å²) in [5.74, 6) is -2.36. The van der Waals surface area contributed by atoms with Crippen molar-refractivity contribution in [3.63, 3.8) is 0 Å². The van der Waals surface area contributed by atoms with Gasteiger partial charge < -0.3 is 4.74 Å². The Morgan fingerprint density at radius 1 is 1.40 bits per heavy atom. The van der Waals surface area contributed by atoms with Gasteiger partial charge in [-0.3, -0.25) is 10.1 Å². The third kappa shape index (κ3) is 1.38. The molecule has 15 heavy (non-hydrogen) atoms. The lowest BCUT2D eigenvalue weighted by Gasteiger charge is -2.05. The molecule has 2 rings (SSSR count). The third-order valence-corrected chi connectivity index (χ3v) is 2.84. The smallest absolute Gasteiger partial charge is 0.341 e. The molecule has 0 aliphatic carbocycles. The lowest BCUT2D eigenvalue weighted by atomic mass is 10.1. The highest BCUT2D eigenvalue weighted by molar-refractivity contribution is 9.10. The Balaban J connectivity index is 2.79. The molecule has 0 bridgehead atoms. The molecule has 0 aromatic heterocycles. The average Bonchev–Trinajstić information content (AvgIpc) is 2.62. The molecule has 0 N–H and O–H groups in total. The van der Waals surface area contributed by atoms with Gasteiger partial charge in [0, 0.05) is 12.0 Å². The number of nitrogens with zero attached hydrogens (tertiary/aromatic N) is 1. The van der Waals surface area contributed by atoms with Crippen LogP contribution in [-0.2, 0) is 6.42 Å². The molecule has 0 fully saturated rings. The van der Waals surface area contributed by atoms with Gasteiger partial charge in [0.05, 0.1) is 11.5 Å². The van der Waals surface area contributed by atoms with Gasteiger partial charge >= 0.3 is 5.69 Å². The van der Waals surface area contributed by atoms with Crippen LogP contribution in [0.4, 0.5) is 14.5 Å². The number of halogens is 3. The van der Waals surface area contributed by atoms with E-state index >= 15 is 0 Å². The molecule has 80 valence electrons. The first-order chi connectivity index (χ1) is 7.04. The Morgan fingerprint density at radius 2 is 2.07 bits per heavy atom. The molecule has 4 nitrogen and oxygen atoms in total. The van der Waals surface area contributed by atoms with Gasteiger partial charge in [-0.2, -0.15) is 8.78 Å². The summed E-state index contributed by atoms with van der Waals surface area (Å²) in [6.45, 7) is 0.200. The highest BCUT2D eigenvalue weighted by Gasteiger charge is 2.33. The number of rotatable bonds is 1. The first-order valence-electron chi connectivity index (χ1n) is 4.00. The maximum Gasteiger partial charge on any atom is 0.341 e. The third-order valence-electron chi connectivity index (χ3n) is 2.13. The van der Waals surface area contributed by atoms with Gasteiger partial charge in [-0.25, -0.2) is 0 Å². The molecule has 0 unspecified atom stereocenters. The second-order valence-electron chi connectivity index (χ2n) is 2.95. The van der Waals surface area contributed by atoms with E-state index in [1.54, 1.807) is 0 Å². The summed E-state index contributed by atoms with van der Waals surface area (Å²) >= 11 is 2.81. The van der Waals surface area contributed by atoms with Crippen molar-refractivity contribution in [3.8, 4) is 5.75 Å². The second kappa shape index (κ2) is 3.41. The first kappa shape index (κ1) is 10.3. The van der Waals surface area contributed by atoms with Crippen LogP contribution >= 0.6 is 15.9 Å². The molecule has 0 amide bonds. The number of nitro benzene ring substituents is 1. The summed E-state index contributed by atoms with van der Waals surface area (Å²) in [6.07, 6.45) is 0.209. The fourth-order valence-corrected chi connectivity index (χ4v) is 2.01. The van der Waals surface area contributed by atoms with Gasteiger partial charge in [0.25, 0.3) is 0 Å². The van der Waals surface area contributed by atoms with Crippen LogP contribution in [0, 0.1) is 21.7 Å². The van der Waals surface area contributed by atoms with E-state index in [0.717, 1.165) is 0 Å². The predicted molar refractivity (Wildman–Crippen MR) is 49.9 cm³/mol. The summed E-state index contributed by atoms with van der Waals surface area (Å²) in [6, 6.07) is 0. The normalized spacial score (nSPS) is 13.5. The molecule has 0 spiro atoms. The zero-order chi connectivity index (χ0) is 11.2. The summed E-state index contributed by atoms with van der Waals surface area (Å²) < 4.78 is 31.6. The van der Waals surface area contributed by atoms with Crippen molar-refractivity contribution in [3.05, 3.63) is 31.8 Å². The standard InChI is InChI=1S/C8H4BrF2NO3/c9-4-6(11)7(12(13)14)5(10)3-1-2-15-8(3)4/h1-2H2. The Morgan fingerprint density at radius 3 is 2.67 bits per heavy atom. The molecular formula is C8H4BrF2NO3. The molecule has 0 saturated carbocycles. The fraction of sp³-hybridized carbons (Fsp3) is 0.250. The van der Waals surface area contributed by atoms with E-state index in [9.17, 15) is 18.9 Å². The number of ether oxygens (including phenoxy) is 1. The minimum absolute atomic E-state index is 0.0237. The summed E-state index contributed by atoms with van der Waals surface area (Å²) in [4.78, 5) is 9.38. The zero-order valence-electron chi connectivity index (χ0n) is 7.22. The van der Waals surface area contributed by atoms with Crippen LogP contribution in [0.2, 0.25) is 0 Å². The molecule has 1 aromatic rings. The molecule has 0 saturated heterocycles. The van der Waals surface area contributed by atoms with Crippen molar-refractivity contribution in [2.75, 3.05) is 6.61 Å². The Labute approximate surface area is 91.1 Å². The van der Waals surface area contributed by atoms with Crippen molar-refractivity contribution in [2.24, 2.45) is 0 Å². The van der Waals surface area contributed by atoms with Crippen molar-refractivity contribution in [2.45, 2.75) is 6.42 Å². The number of benzene rings is 1. The highest BCUT2D eigenvalue weighted by Crippen LogP contribution is 2.42. The van der Waals surface area contributed by atoms with Gasteiger partial charge in [-0.1, -0.05) is 0 Å². The molecular weight excluding hydrogens is 276 g/mol. The van der Waals surface area contributed by atoms with Gasteiger partial charge in [0.15, 0.2) is 0 Å². The van der Waals surface area contributed by atoms with Crippen LogP contribution in [0.1, 0.15) is 5.56 Å². The number of nitro groups is 1. The minimum atomic E-state index is -1.24. The van der Waals surface area contributed by atoms with Crippen molar-refractivity contribution < 1.29 is 18.4 Å². The quantitative estimate of drug-likeness (QED) is 0.451. The molecule has 0 atom stereocenters. The second-order valence-corrected chi connectivity index (χ2v) is 3.75. The van der Waals surface area contributed by atoms with Gasteiger partial charge in [0.2, 0.25) is 11.6 Å². The summed E-state index contributed by atoms with van der Waals surface area (Å²) in [5.41, 5.74) is -1.08. The minimum Gasteiger partial charge on any atom is -0.492 e. The zero-order valence-corrected chi connectivity index (χ0v) is 8.81. The van der Waals surface area contributed by atoms with E-state index in [2.05, 4.69) is 15.9 Å². The van der Waals surface area contributed by atoms with Crippen LogP contribution in [0.5, 0.6) is 5.75 Å². The number of hydrogen-bond acceptors (Lipinski definition) is 3. The van der Waals surface area contributed by atoms with Crippen LogP contribution in [-0.4, -0.2) is 11.5 Å². The van der Waals surface area contributed by atoms with Gasteiger partial charge in [-0.15, -0.1) is 0 Å². The largest absolute Gasteiger partial charge is 0.492 e. The van der Waals surface area contributed by atoms with Crippen LogP contribution in [0.3, 0.4) is 0 Å². The maximum absolute atomic E-state index is 13.5.